The average molecular weight is 215 g/mol. The standard InChI is InChI=1S/C11H15F2NO/c1-8(15)5-6-14-7-9-10(12)3-2-4-11(9)13/h2-4,8,14-15H,5-7H2,1H3/t8-/m0/s1. The van der Waals surface area contributed by atoms with E-state index in [-0.39, 0.29) is 12.1 Å². The fraction of sp³-hybridized carbons (Fsp3) is 0.455. The summed E-state index contributed by atoms with van der Waals surface area (Å²) in [7, 11) is 0. The molecule has 0 amide bonds. The molecule has 0 fully saturated rings. The van der Waals surface area contributed by atoms with Crippen LogP contribution < -0.4 is 5.32 Å². The number of hydrogen-bond donors (Lipinski definition) is 2. The van der Waals surface area contributed by atoms with Gasteiger partial charge in [0.2, 0.25) is 0 Å². The van der Waals surface area contributed by atoms with Crippen LogP contribution in [0.15, 0.2) is 18.2 Å². The lowest BCUT2D eigenvalue weighted by Crippen LogP contribution is -2.20. The number of aliphatic hydroxyl groups excluding tert-OH is 1. The van der Waals surface area contributed by atoms with E-state index in [0.29, 0.717) is 13.0 Å². The Balaban J connectivity index is 2.43. The predicted molar refractivity (Wildman–Crippen MR) is 54.4 cm³/mol. The van der Waals surface area contributed by atoms with Crippen LogP contribution in [-0.4, -0.2) is 17.8 Å². The van der Waals surface area contributed by atoms with Crippen LogP contribution >= 0.6 is 0 Å². The zero-order valence-corrected chi connectivity index (χ0v) is 8.63. The Morgan fingerprint density at radius 1 is 1.33 bits per heavy atom. The Morgan fingerprint density at radius 3 is 2.47 bits per heavy atom. The van der Waals surface area contributed by atoms with Gasteiger partial charge in [0.15, 0.2) is 0 Å². The first-order valence-electron chi connectivity index (χ1n) is 4.93. The fourth-order valence-electron chi connectivity index (χ4n) is 1.23. The van der Waals surface area contributed by atoms with E-state index in [1.807, 2.05) is 0 Å². The number of benzene rings is 1. The number of aliphatic hydroxyl groups is 1. The van der Waals surface area contributed by atoms with Crippen molar-refractivity contribution in [1.82, 2.24) is 5.32 Å². The van der Waals surface area contributed by atoms with Crippen molar-refractivity contribution in [2.24, 2.45) is 0 Å². The summed E-state index contributed by atoms with van der Waals surface area (Å²) in [4.78, 5) is 0. The van der Waals surface area contributed by atoms with Crippen molar-refractivity contribution in [1.29, 1.82) is 0 Å². The third kappa shape index (κ3) is 3.93. The SMILES string of the molecule is C[C@H](O)CCNCc1c(F)cccc1F. The number of nitrogens with one attached hydrogen (secondary N) is 1. The minimum absolute atomic E-state index is 0.0445. The molecular formula is C11H15F2NO. The van der Waals surface area contributed by atoms with E-state index < -0.39 is 17.7 Å². The maximum absolute atomic E-state index is 13.1. The number of hydrogen-bond acceptors (Lipinski definition) is 2. The van der Waals surface area contributed by atoms with Gasteiger partial charge in [-0.25, -0.2) is 8.78 Å². The lowest BCUT2D eigenvalue weighted by atomic mass is 10.2. The van der Waals surface area contributed by atoms with E-state index in [2.05, 4.69) is 5.32 Å². The van der Waals surface area contributed by atoms with Gasteiger partial charge in [0, 0.05) is 12.1 Å². The quantitative estimate of drug-likeness (QED) is 0.734. The maximum Gasteiger partial charge on any atom is 0.130 e. The van der Waals surface area contributed by atoms with Crippen LogP contribution in [0.3, 0.4) is 0 Å². The first-order valence-corrected chi connectivity index (χ1v) is 4.93. The van der Waals surface area contributed by atoms with E-state index in [4.69, 9.17) is 5.11 Å². The highest BCUT2D eigenvalue weighted by Gasteiger charge is 2.07. The summed E-state index contributed by atoms with van der Waals surface area (Å²) >= 11 is 0. The Kier molecular flexibility index (Phi) is 4.65. The van der Waals surface area contributed by atoms with Crippen LogP contribution in [0.5, 0.6) is 0 Å². The summed E-state index contributed by atoms with van der Waals surface area (Å²) < 4.78 is 26.2. The topological polar surface area (TPSA) is 32.3 Å². The minimum Gasteiger partial charge on any atom is -0.393 e. The smallest absolute Gasteiger partial charge is 0.130 e. The molecule has 0 radical (unpaired) electrons. The van der Waals surface area contributed by atoms with E-state index in [0.717, 1.165) is 0 Å². The van der Waals surface area contributed by atoms with Crippen molar-refractivity contribution < 1.29 is 13.9 Å². The van der Waals surface area contributed by atoms with E-state index in [1.54, 1.807) is 6.92 Å². The van der Waals surface area contributed by atoms with Crippen LogP contribution in [0.1, 0.15) is 18.9 Å². The summed E-state index contributed by atoms with van der Waals surface area (Å²) in [6, 6.07) is 3.80. The molecule has 0 saturated carbocycles. The molecule has 84 valence electrons. The number of rotatable bonds is 5. The molecule has 2 nitrogen and oxygen atoms in total. The number of halogens is 2. The Morgan fingerprint density at radius 2 is 1.93 bits per heavy atom. The van der Waals surface area contributed by atoms with Gasteiger partial charge in [-0.3, -0.25) is 0 Å². The molecule has 0 saturated heterocycles. The van der Waals surface area contributed by atoms with Crippen molar-refractivity contribution in [2.45, 2.75) is 26.0 Å². The van der Waals surface area contributed by atoms with Crippen LogP contribution in [0.4, 0.5) is 8.78 Å². The second-order valence-electron chi connectivity index (χ2n) is 3.51. The lowest BCUT2D eigenvalue weighted by Gasteiger charge is -2.08. The molecule has 0 heterocycles. The largest absolute Gasteiger partial charge is 0.393 e. The van der Waals surface area contributed by atoms with Gasteiger partial charge in [0.05, 0.1) is 6.10 Å². The highest BCUT2D eigenvalue weighted by molar-refractivity contribution is 5.19. The molecule has 4 heteroatoms. The molecular weight excluding hydrogens is 200 g/mol. The van der Waals surface area contributed by atoms with Gasteiger partial charge in [-0.05, 0) is 32.0 Å². The maximum atomic E-state index is 13.1. The average Bonchev–Trinajstić information content (AvgIpc) is 2.15. The van der Waals surface area contributed by atoms with Crippen molar-refractivity contribution >= 4 is 0 Å². The molecule has 0 aliphatic rings. The van der Waals surface area contributed by atoms with Crippen LogP contribution in [0.2, 0.25) is 0 Å². The van der Waals surface area contributed by atoms with Crippen LogP contribution in [0, 0.1) is 11.6 Å². The first kappa shape index (κ1) is 12.1. The summed E-state index contributed by atoms with van der Waals surface area (Å²) in [6.07, 6.45) is 0.166. The third-order valence-electron chi connectivity index (χ3n) is 2.10. The van der Waals surface area contributed by atoms with Crippen LogP contribution in [-0.2, 0) is 6.54 Å². The highest BCUT2D eigenvalue weighted by atomic mass is 19.1. The Hall–Kier alpha value is -1.00. The molecule has 0 spiro atoms. The van der Waals surface area contributed by atoms with Crippen molar-refractivity contribution in [3.05, 3.63) is 35.4 Å². The fourth-order valence-corrected chi connectivity index (χ4v) is 1.23. The molecule has 1 aromatic rings. The lowest BCUT2D eigenvalue weighted by molar-refractivity contribution is 0.183. The zero-order valence-electron chi connectivity index (χ0n) is 8.63. The van der Waals surface area contributed by atoms with Gasteiger partial charge < -0.3 is 10.4 Å². The van der Waals surface area contributed by atoms with Crippen molar-refractivity contribution in [3.8, 4) is 0 Å². The van der Waals surface area contributed by atoms with Gasteiger partial charge in [-0.2, -0.15) is 0 Å². The van der Waals surface area contributed by atoms with Crippen LogP contribution in [0.25, 0.3) is 0 Å². The Bertz CT molecular complexity index is 295. The molecule has 2 N–H and O–H groups in total. The van der Waals surface area contributed by atoms with Gasteiger partial charge in [-0.15, -0.1) is 0 Å². The predicted octanol–water partition coefficient (Wildman–Crippen LogP) is 1.83. The summed E-state index contributed by atoms with van der Waals surface area (Å²) in [5, 5.41) is 11.8. The van der Waals surface area contributed by atoms with E-state index in [9.17, 15) is 8.78 Å². The third-order valence-corrected chi connectivity index (χ3v) is 2.10. The summed E-state index contributed by atoms with van der Waals surface area (Å²) in [5.74, 6) is -1.08. The summed E-state index contributed by atoms with van der Waals surface area (Å²) in [5.41, 5.74) is 0.0445. The minimum atomic E-state index is -0.542. The van der Waals surface area contributed by atoms with Gasteiger partial charge >= 0.3 is 0 Å². The summed E-state index contributed by atoms with van der Waals surface area (Å²) in [6.45, 7) is 2.35. The monoisotopic (exact) mass is 215 g/mol. The normalized spacial score (nSPS) is 12.8. The highest BCUT2D eigenvalue weighted by Crippen LogP contribution is 2.11. The molecule has 0 aliphatic heterocycles. The second kappa shape index (κ2) is 5.78. The molecule has 0 aliphatic carbocycles. The molecule has 0 aromatic heterocycles. The van der Waals surface area contributed by atoms with Crippen molar-refractivity contribution in [2.75, 3.05) is 6.54 Å². The first-order chi connectivity index (χ1) is 7.11. The van der Waals surface area contributed by atoms with Gasteiger partial charge in [0.25, 0.3) is 0 Å². The van der Waals surface area contributed by atoms with Gasteiger partial charge in [0.1, 0.15) is 11.6 Å². The molecule has 1 aromatic carbocycles. The molecule has 15 heavy (non-hydrogen) atoms. The van der Waals surface area contributed by atoms with Gasteiger partial charge in [-0.1, -0.05) is 6.07 Å². The molecule has 1 atom stereocenters. The molecule has 1 rings (SSSR count). The Labute approximate surface area is 87.9 Å². The second-order valence-corrected chi connectivity index (χ2v) is 3.51. The molecule has 0 unspecified atom stereocenters. The molecule has 0 bridgehead atoms. The zero-order chi connectivity index (χ0) is 11.3. The van der Waals surface area contributed by atoms with E-state index in [1.165, 1.54) is 18.2 Å². The van der Waals surface area contributed by atoms with Crippen molar-refractivity contribution in [3.63, 3.8) is 0 Å². The van der Waals surface area contributed by atoms with E-state index >= 15 is 0 Å².